The third-order valence-electron chi connectivity index (χ3n) is 6.08. The molecule has 41 heavy (non-hydrogen) atoms. The molecule has 0 saturated carbocycles. The second-order valence-electron chi connectivity index (χ2n) is 9.92. The van der Waals surface area contributed by atoms with Gasteiger partial charge in [-0.2, -0.15) is 15.2 Å². The molecule has 1 N–H and O–H groups in total. The van der Waals surface area contributed by atoms with E-state index in [1.54, 1.807) is 20.8 Å². The summed E-state index contributed by atoms with van der Waals surface area (Å²) in [4.78, 5) is 25.2. The number of carbonyl (C=O) groups excluding carboxylic acids is 1. The highest BCUT2D eigenvalue weighted by Crippen LogP contribution is 2.47. The van der Waals surface area contributed by atoms with Crippen LogP contribution in [0.15, 0.2) is 6.20 Å². The number of hydrogen-bond donors (Lipinski definition) is 1. The second-order valence-corrected chi connectivity index (χ2v) is 10.9. The fraction of sp³-hybridized carbons (Fsp3) is 0.370. The molecular weight excluding hydrogens is 560 g/mol. The highest BCUT2D eigenvalue weighted by molar-refractivity contribution is 7.23. The predicted molar refractivity (Wildman–Crippen MR) is 145 cm³/mol. The number of carbonyl (C=O) groups is 1. The van der Waals surface area contributed by atoms with Gasteiger partial charge in [0.2, 0.25) is 5.88 Å². The van der Waals surface area contributed by atoms with Crippen LogP contribution < -0.4 is 14.8 Å². The van der Waals surface area contributed by atoms with Gasteiger partial charge in [-0.15, -0.1) is 11.3 Å². The topological polar surface area (TPSA) is 138 Å². The van der Waals surface area contributed by atoms with Crippen LogP contribution in [-0.4, -0.2) is 54.1 Å². The van der Waals surface area contributed by atoms with Crippen molar-refractivity contribution < 1.29 is 37.3 Å². The number of rotatable bonds is 7. The van der Waals surface area contributed by atoms with Gasteiger partial charge >= 0.3 is 12.1 Å². The molecule has 4 aromatic rings. The van der Waals surface area contributed by atoms with Crippen molar-refractivity contribution >= 4 is 43.4 Å². The summed E-state index contributed by atoms with van der Waals surface area (Å²) >= 11 is 0.820. The summed E-state index contributed by atoms with van der Waals surface area (Å²) in [6.07, 6.45) is 0.115. The number of nitrogens with zero attached hydrogens (tertiary/aromatic N) is 4. The summed E-state index contributed by atoms with van der Waals surface area (Å²) in [6.45, 7) is 5.56. The molecule has 0 atom stereocenters. The number of aromatic nitrogens is 3. The Labute approximate surface area is 237 Å². The zero-order valence-corrected chi connectivity index (χ0v) is 23.6. The summed E-state index contributed by atoms with van der Waals surface area (Å²) in [5.41, 5.74) is -0.0552. The molecule has 4 heterocycles. The lowest BCUT2D eigenvalue weighted by molar-refractivity contribution is 0.0636. The number of anilines is 1. The second kappa shape index (κ2) is 11.0. The maximum absolute atomic E-state index is 16.6. The van der Waals surface area contributed by atoms with E-state index in [0.717, 1.165) is 17.5 Å². The monoisotopic (exact) mass is 585 g/mol. The van der Waals surface area contributed by atoms with Gasteiger partial charge in [-0.3, -0.25) is 10.3 Å². The lowest BCUT2D eigenvalue weighted by Gasteiger charge is -2.19. The Balaban J connectivity index is 1.77. The summed E-state index contributed by atoms with van der Waals surface area (Å²) in [6, 6.07) is 1.87. The van der Waals surface area contributed by atoms with Crippen LogP contribution in [0.2, 0.25) is 0 Å². The van der Waals surface area contributed by atoms with E-state index in [-0.39, 0.29) is 75.7 Å². The number of thiophene rings is 1. The van der Waals surface area contributed by atoms with E-state index in [0.29, 0.717) is 16.5 Å². The molecule has 3 aromatic heterocycles. The van der Waals surface area contributed by atoms with Crippen LogP contribution in [0, 0.1) is 23.0 Å². The Morgan fingerprint density at radius 2 is 1.93 bits per heavy atom. The quantitative estimate of drug-likeness (QED) is 0.278. The molecule has 0 spiro atoms. The lowest BCUT2D eigenvalue weighted by Crippen LogP contribution is -2.27. The Morgan fingerprint density at radius 3 is 2.61 bits per heavy atom. The van der Waals surface area contributed by atoms with Crippen LogP contribution in [0.3, 0.4) is 0 Å². The first kappa shape index (κ1) is 28.3. The van der Waals surface area contributed by atoms with E-state index in [4.69, 9.17) is 23.7 Å². The molecule has 0 saturated heterocycles. The minimum Gasteiger partial charge on any atom is -0.475 e. The van der Waals surface area contributed by atoms with Crippen molar-refractivity contribution in [2.45, 2.75) is 39.6 Å². The summed E-state index contributed by atoms with van der Waals surface area (Å²) in [7, 11) is 2.86. The summed E-state index contributed by atoms with van der Waals surface area (Å²) in [5.74, 6) is -1.46. The molecule has 14 heteroatoms. The molecule has 0 radical (unpaired) electrons. The van der Waals surface area contributed by atoms with Crippen molar-refractivity contribution in [3.05, 3.63) is 34.5 Å². The van der Waals surface area contributed by atoms with Crippen LogP contribution in [0.5, 0.6) is 11.9 Å². The highest BCUT2D eigenvalue weighted by Gasteiger charge is 2.32. The van der Waals surface area contributed by atoms with Crippen molar-refractivity contribution in [1.29, 1.82) is 5.26 Å². The smallest absolute Gasteiger partial charge is 0.412 e. The van der Waals surface area contributed by atoms with Gasteiger partial charge in [0, 0.05) is 18.1 Å². The molecule has 5 rings (SSSR count). The third kappa shape index (κ3) is 5.19. The van der Waals surface area contributed by atoms with Gasteiger partial charge in [0.05, 0.1) is 54.5 Å². The number of nitrogens with one attached hydrogen (secondary N) is 1. The zero-order valence-electron chi connectivity index (χ0n) is 22.8. The third-order valence-corrected chi connectivity index (χ3v) is 7.20. The Bertz CT molecular complexity index is 1730. The van der Waals surface area contributed by atoms with E-state index >= 15 is 8.78 Å². The van der Waals surface area contributed by atoms with Crippen LogP contribution in [0.25, 0.3) is 32.2 Å². The number of pyridine rings is 1. The van der Waals surface area contributed by atoms with Crippen molar-refractivity contribution in [2.75, 3.05) is 32.8 Å². The van der Waals surface area contributed by atoms with Gasteiger partial charge in [-0.1, -0.05) is 0 Å². The first-order valence-corrected chi connectivity index (χ1v) is 13.2. The van der Waals surface area contributed by atoms with E-state index in [1.807, 2.05) is 6.07 Å². The molecule has 0 bridgehead atoms. The molecule has 1 amide bonds. The summed E-state index contributed by atoms with van der Waals surface area (Å²) in [5, 5.41) is 13.0. The van der Waals surface area contributed by atoms with Crippen molar-refractivity contribution in [2.24, 2.45) is 0 Å². The average molecular weight is 586 g/mol. The molecule has 0 fully saturated rings. The van der Waals surface area contributed by atoms with E-state index in [2.05, 4.69) is 20.3 Å². The molecule has 1 aliphatic heterocycles. The van der Waals surface area contributed by atoms with Gasteiger partial charge in [-0.05, 0) is 31.9 Å². The van der Waals surface area contributed by atoms with E-state index in [9.17, 15) is 10.1 Å². The van der Waals surface area contributed by atoms with Gasteiger partial charge in [-0.25, -0.2) is 13.6 Å². The van der Waals surface area contributed by atoms with Gasteiger partial charge < -0.3 is 23.7 Å². The Hall–Kier alpha value is -4.19. The Morgan fingerprint density at radius 1 is 1.17 bits per heavy atom. The fourth-order valence-electron chi connectivity index (χ4n) is 4.49. The standard InChI is InChI=1S/C27H25F2N5O6S/c1-27(2,3)40-26(35)34-24-12(8-30)17-20(31-9-15(28)22(17)41-24)16-13-10-38-11-14(13)18-21(19(16)29)32-25(37-5)33-23(18)39-7-6-36-4/h9H,6-7,10-11H2,1-5H3,(H,34,35). The highest BCUT2D eigenvalue weighted by atomic mass is 32.1. The summed E-state index contributed by atoms with van der Waals surface area (Å²) < 4.78 is 58.7. The number of nitriles is 1. The Kier molecular flexibility index (Phi) is 7.60. The van der Waals surface area contributed by atoms with Gasteiger partial charge in [0.25, 0.3) is 0 Å². The number of benzene rings is 1. The first-order valence-electron chi connectivity index (χ1n) is 12.4. The molecule has 11 nitrogen and oxygen atoms in total. The van der Waals surface area contributed by atoms with Crippen molar-refractivity contribution in [1.82, 2.24) is 15.0 Å². The minimum atomic E-state index is -0.827. The van der Waals surface area contributed by atoms with E-state index in [1.165, 1.54) is 14.2 Å². The largest absolute Gasteiger partial charge is 0.475 e. The number of ether oxygens (including phenoxy) is 5. The lowest BCUT2D eigenvalue weighted by atomic mass is 9.93. The molecule has 0 aliphatic carbocycles. The first-order chi connectivity index (χ1) is 19.6. The SMILES string of the molecule is COCCOc1nc(OC)nc2c(F)c(-c3ncc(F)c4sc(NC(=O)OC(C)(C)C)c(C#N)c34)c3c(c12)COC3. The van der Waals surface area contributed by atoms with Crippen molar-refractivity contribution in [3.63, 3.8) is 0 Å². The zero-order chi connectivity index (χ0) is 29.5. The number of halogens is 2. The predicted octanol–water partition coefficient (Wildman–Crippen LogP) is 5.47. The fourth-order valence-corrected chi connectivity index (χ4v) is 5.53. The molecule has 0 unspecified atom stereocenters. The number of fused-ring (bicyclic) bond motifs is 4. The number of hydrogen-bond acceptors (Lipinski definition) is 11. The minimum absolute atomic E-state index is 0.00739. The number of methoxy groups -OCH3 is 2. The molecular formula is C27H25F2N5O6S. The maximum atomic E-state index is 16.6. The van der Waals surface area contributed by atoms with Gasteiger partial charge in [0.1, 0.15) is 28.8 Å². The van der Waals surface area contributed by atoms with E-state index < -0.39 is 23.3 Å². The molecule has 1 aromatic carbocycles. The van der Waals surface area contributed by atoms with Crippen LogP contribution >= 0.6 is 11.3 Å². The van der Waals surface area contributed by atoms with Gasteiger partial charge in [0.15, 0.2) is 11.6 Å². The van der Waals surface area contributed by atoms with Crippen LogP contribution in [0.4, 0.5) is 18.6 Å². The van der Waals surface area contributed by atoms with Crippen LogP contribution in [0.1, 0.15) is 37.5 Å². The number of amides is 1. The normalized spacial score (nSPS) is 12.8. The van der Waals surface area contributed by atoms with Crippen LogP contribution in [-0.2, 0) is 27.4 Å². The maximum Gasteiger partial charge on any atom is 0.412 e. The molecule has 214 valence electrons. The average Bonchev–Trinajstić information content (AvgIpc) is 3.54. The van der Waals surface area contributed by atoms with Crippen molar-refractivity contribution in [3.8, 4) is 29.2 Å². The molecule has 1 aliphatic rings.